The molecule has 1 aliphatic carbocycles. The maximum atomic E-state index is 13.3. The van der Waals surface area contributed by atoms with E-state index in [4.69, 9.17) is 19.2 Å². The summed E-state index contributed by atoms with van der Waals surface area (Å²) in [5.41, 5.74) is 3.48. The summed E-state index contributed by atoms with van der Waals surface area (Å²) in [6, 6.07) is 2.49. The lowest BCUT2D eigenvalue weighted by atomic mass is 9.69. The fourth-order valence-electron chi connectivity index (χ4n) is 6.74. The summed E-state index contributed by atoms with van der Waals surface area (Å²) in [7, 11) is 0. The minimum absolute atomic E-state index is 0.0976. The first-order valence-electron chi connectivity index (χ1n) is 13.2. The molecule has 1 unspecified atom stereocenters. The molecule has 0 aromatic carbocycles. The van der Waals surface area contributed by atoms with Crippen LogP contribution in [0.5, 0.6) is 0 Å². The minimum atomic E-state index is -4.51. The maximum absolute atomic E-state index is 13.3. The van der Waals surface area contributed by atoms with Gasteiger partial charge in [0, 0.05) is 73.8 Å². The molecule has 9 heteroatoms. The fourth-order valence-corrected chi connectivity index (χ4v) is 6.74. The van der Waals surface area contributed by atoms with Gasteiger partial charge in [0.2, 0.25) is 0 Å². The van der Waals surface area contributed by atoms with Crippen molar-refractivity contribution in [3.05, 3.63) is 57.7 Å². The molecule has 0 saturated carbocycles. The van der Waals surface area contributed by atoms with Gasteiger partial charge in [0.15, 0.2) is 0 Å². The summed E-state index contributed by atoms with van der Waals surface area (Å²) < 4.78 is 58.0. The zero-order valence-corrected chi connectivity index (χ0v) is 21.2. The molecule has 6 rings (SSSR count). The van der Waals surface area contributed by atoms with Gasteiger partial charge in [0.1, 0.15) is 11.8 Å². The van der Waals surface area contributed by atoms with Gasteiger partial charge < -0.3 is 19.3 Å². The van der Waals surface area contributed by atoms with Crippen LogP contribution in [0, 0.1) is 5.41 Å². The molecular weight excluding hydrogens is 485 g/mol. The van der Waals surface area contributed by atoms with Gasteiger partial charge in [-0.3, -0.25) is 9.97 Å². The highest BCUT2D eigenvalue weighted by molar-refractivity contribution is 5.54. The Balaban J connectivity index is 1.58. The molecule has 0 radical (unpaired) electrons. The first-order valence-corrected chi connectivity index (χ1v) is 13.2. The zero-order valence-electron chi connectivity index (χ0n) is 21.2. The van der Waals surface area contributed by atoms with Crippen molar-refractivity contribution in [3.8, 4) is 0 Å². The van der Waals surface area contributed by atoms with Crippen LogP contribution in [-0.4, -0.2) is 41.5 Å². The molecule has 2 atom stereocenters. The van der Waals surface area contributed by atoms with Crippen molar-refractivity contribution in [3.63, 3.8) is 0 Å². The number of aliphatic hydroxyl groups excluding tert-OH is 1. The molecule has 2 aromatic heterocycles. The first kappa shape index (κ1) is 25.2. The quantitative estimate of drug-likeness (QED) is 0.565. The fraction of sp³-hybridized carbons (Fsp3) is 0.643. The topological polar surface area (TPSA) is 73.7 Å². The Morgan fingerprint density at radius 1 is 1.00 bits per heavy atom. The molecular formula is C28H33F3N2O4. The first-order chi connectivity index (χ1) is 17.6. The lowest BCUT2D eigenvalue weighted by Gasteiger charge is -2.40. The number of nitrogens with zero attached hydrogens (tertiary/aromatic N) is 2. The molecule has 5 heterocycles. The van der Waals surface area contributed by atoms with Crippen LogP contribution in [0.4, 0.5) is 13.2 Å². The third-order valence-corrected chi connectivity index (χ3v) is 8.46. The molecule has 1 N–H and O–H groups in total. The summed E-state index contributed by atoms with van der Waals surface area (Å²) in [6.07, 6.45) is -0.295. The molecule has 4 aliphatic rings. The van der Waals surface area contributed by atoms with Gasteiger partial charge in [-0.25, -0.2) is 0 Å². The van der Waals surface area contributed by atoms with Crippen LogP contribution < -0.4 is 0 Å². The van der Waals surface area contributed by atoms with Crippen LogP contribution in [0.15, 0.2) is 18.3 Å². The number of aromatic nitrogens is 2. The van der Waals surface area contributed by atoms with E-state index in [1.165, 1.54) is 12.3 Å². The van der Waals surface area contributed by atoms with Crippen LogP contribution in [0.1, 0.15) is 103 Å². The molecule has 0 bridgehead atoms. The number of hydrogen-bond acceptors (Lipinski definition) is 6. The Morgan fingerprint density at radius 2 is 1.70 bits per heavy atom. The molecule has 2 fully saturated rings. The number of pyridine rings is 2. The Bertz CT molecular complexity index is 1170. The second-order valence-electron chi connectivity index (χ2n) is 11.7. The second kappa shape index (κ2) is 9.00. The minimum Gasteiger partial charge on any atom is -0.388 e. The number of ether oxygens (including phenoxy) is 3. The number of halogens is 3. The Hall–Kier alpha value is -2.07. The number of hydrogen-bond donors (Lipinski definition) is 1. The average Bonchev–Trinajstić information content (AvgIpc) is 3.17. The molecule has 3 aliphatic heterocycles. The SMILES string of the molecule is CC1(C)Cc2nc(C3CCOCC3)c3c(c2C(O)C1)C1(CCOCC1)O[C@@H]3c1ccc(C(F)(F)F)nc1. The smallest absolute Gasteiger partial charge is 0.388 e. The zero-order chi connectivity index (χ0) is 26.0. The van der Waals surface area contributed by atoms with E-state index in [0.717, 1.165) is 53.4 Å². The van der Waals surface area contributed by atoms with Crippen molar-refractivity contribution in [1.29, 1.82) is 0 Å². The van der Waals surface area contributed by atoms with Crippen LogP contribution >= 0.6 is 0 Å². The van der Waals surface area contributed by atoms with E-state index < -0.39 is 29.7 Å². The van der Waals surface area contributed by atoms with Gasteiger partial charge in [0.05, 0.1) is 17.4 Å². The number of alkyl halides is 3. The summed E-state index contributed by atoms with van der Waals surface area (Å²) >= 11 is 0. The van der Waals surface area contributed by atoms with E-state index in [9.17, 15) is 18.3 Å². The summed E-state index contributed by atoms with van der Waals surface area (Å²) in [4.78, 5) is 8.98. The molecule has 0 amide bonds. The average molecular weight is 519 g/mol. The van der Waals surface area contributed by atoms with Gasteiger partial charge in [-0.15, -0.1) is 0 Å². The van der Waals surface area contributed by atoms with Gasteiger partial charge in [-0.05, 0) is 42.7 Å². The van der Waals surface area contributed by atoms with Crippen LogP contribution in [-0.2, 0) is 32.4 Å². The predicted octanol–water partition coefficient (Wildman–Crippen LogP) is 5.52. The van der Waals surface area contributed by atoms with Gasteiger partial charge >= 0.3 is 6.18 Å². The highest BCUT2D eigenvalue weighted by atomic mass is 19.4. The predicted molar refractivity (Wildman–Crippen MR) is 128 cm³/mol. The van der Waals surface area contributed by atoms with Gasteiger partial charge in [-0.2, -0.15) is 13.2 Å². The highest BCUT2D eigenvalue weighted by Crippen LogP contribution is 2.58. The Morgan fingerprint density at radius 3 is 2.35 bits per heavy atom. The van der Waals surface area contributed by atoms with E-state index in [1.807, 2.05) is 0 Å². The molecule has 2 aromatic rings. The van der Waals surface area contributed by atoms with Gasteiger partial charge in [0.25, 0.3) is 0 Å². The van der Waals surface area contributed by atoms with E-state index in [-0.39, 0.29) is 11.3 Å². The highest BCUT2D eigenvalue weighted by Gasteiger charge is 2.52. The third kappa shape index (κ3) is 4.37. The monoisotopic (exact) mass is 518 g/mol. The van der Waals surface area contributed by atoms with Crippen molar-refractivity contribution in [2.75, 3.05) is 26.4 Å². The number of aliphatic hydroxyl groups is 1. The summed E-state index contributed by atoms with van der Waals surface area (Å²) in [5, 5.41) is 11.5. The summed E-state index contributed by atoms with van der Waals surface area (Å²) in [6.45, 7) is 6.61. The van der Waals surface area contributed by atoms with Crippen molar-refractivity contribution in [2.45, 2.75) is 82.3 Å². The molecule has 37 heavy (non-hydrogen) atoms. The lowest BCUT2D eigenvalue weighted by Crippen LogP contribution is -2.37. The van der Waals surface area contributed by atoms with Crippen LogP contribution in [0.3, 0.4) is 0 Å². The second-order valence-corrected chi connectivity index (χ2v) is 11.7. The standard InChI is InChI=1S/C28H33F3N2O4/c1-26(2)13-18-21(19(34)14-26)23-22(24(33-18)16-5-9-35-10-6-16)25(37-27(23)7-11-36-12-8-27)17-3-4-20(32-15-17)28(29,30)31/h3-4,15-16,19,25,34H,5-14H2,1-2H3/t19?,25-/m1/s1. The molecule has 1 spiro atoms. The van der Waals surface area contributed by atoms with E-state index >= 15 is 0 Å². The number of rotatable bonds is 2. The Kier molecular flexibility index (Phi) is 6.14. The number of fused-ring (bicyclic) bond motifs is 4. The van der Waals surface area contributed by atoms with E-state index in [2.05, 4.69) is 18.8 Å². The van der Waals surface area contributed by atoms with Crippen molar-refractivity contribution in [2.24, 2.45) is 5.41 Å². The largest absolute Gasteiger partial charge is 0.433 e. The van der Waals surface area contributed by atoms with E-state index in [1.54, 1.807) is 0 Å². The van der Waals surface area contributed by atoms with Crippen molar-refractivity contribution < 1.29 is 32.5 Å². The molecule has 6 nitrogen and oxygen atoms in total. The van der Waals surface area contributed by atoms with Crippen LogP contribution in [0.2, 0.25) is 0 Å². The molecule has 2 saturated heterocycles. The Labute approximate surface area is 214 Å². The normalized spacial score (nSPS) is 27.2. The molecule has 200 valence electrons. The maximum Gasteiger partial charge on any atom is 0.433 e. The van der Waals surface area contributed by atoms with E-state index in [0.29, 0.717) is 51.3 Å². The lowest BCUT2D eigenvalue weighted by molar-refractivity contribution is -0.141. The third-order valence-electron chi connectivity index (χ3n) is 8.46. The van der Waals surface area contributed by atoms with Gasteiger partial charge in [-0.1, -0.05) is 19.9 Å². The van der Waals surface area contributed by atoms with Crippen LogP contribution in [0.25, 0.3) is 0 Å². The summed E-state index contributed by atoms with van der Waals surface area (Å²) in [5.74, 6) is 0.151. The van der Waals surface area contributed by atoms with Crippen molar-refractivity contribution >= 4 is 0 Å². The van der Waals surface area contributed by atoms with Crippen molar-refractivity contribution in [1.82, 2.24) is 9.97 Å².